The lowest BCUT2D eigenvalue weighted by Gasteiger charge is -2.36. The number of benzene rings is 3. The van der Waals surface area contributed by atoms with Crippen molar-refractivity contribution in [3.8, 4) is 5.75 Å². The van der Waals surface area contributed by atoms with Gasteiger partial charge in [-0.15, -0.1) is 0 Å². The second-order valence-corrected chi connectivity index (χ2v) is 14.4. The highest BCUT2D eigenvalue weighted by molar-refractivity contribution is 6.33. The third-order valence-electron chi connectivity index (χ3n) is 9.78. The largest absolute Gasteiger partial charge is 0.494 e. The fourth-order valence-electron chi connectivity index (χ4n) is 6.54. The molecule has 0 aromatic heterocycles. The zero-order chi connectivity index (χ0) is 36.0. The molecule has 3 rings (SSSR count). The van der Waals surface area contributed by atoms with Crippen LogP contribution in [0, 0.1) is 0 Å². The van der Waals surface area contributed by atoms with Crippen molar-refractivity contribution in [2.24, 2.45) is 5.73 Å². The Kier molecular flexibility index (Phi) is 19.8. The molecule has 0 bridgehead atoms. The van der Waals surface area contributed by atoms with E-state index >= 15 is 0 Å². The van der Waals surface area contributed by atoms with Crippen LogP contribution < -0.4 is 15.4 Å². The molecule has 0 aliphatic carbocycles. The molecule has 50 heavy (non-hydrogen) atoms. The summed E-state index contributed by atoms with van der Waals surface area (Å²) in [6.45, 7) is 5.83. The van der Waals surface area contributed by atoms with Gasteiger partial charge in [-0.1, -0.05) is 157 Å². The first-order chi connectivity index (χ1) is 24.2. The molecule has 0 amide bonds. The molecular weight excluding hydrogens is 653 g/mol. The Labute approximate surface area is 306 Å². The molecule has 2 atom stereocenters. The van der Waals surface area contributed by atoms with E-state index in [-0.39, 0.29) is 18.5 Å². The summed E-state index contributed by atoms with van der Waals surface area (Å²) in [7, 11) is 0. The molecule has 3 nitrogen and oxygen atoms in total. The summed E-state index contributed by atoms with van der Waals surface area (Å²) in [4.78, 5) is 2.24. The number of hydrogen-bond acceptors (Lipinski definition) is 3. The maximum Gasteiger partial charge on any atom is 0.389 e. The van der Waals surface area contributed by atoms with Gasteiger partial charge >= 0.3 is 6.18 Å². The number of ether oxygens (including phenoxy) is 1. The van der Waals surface area contributed by atoms with Crippen LogP contribution in [0.5, 0.6) is 5.75 Å². The number of unbranched alkanes of at least 4 members (excludes halogenated alkanes) is 13. The molecule has 7 heteroatoms. The lowest BCUT2D eigenvalue weighted by molar-refractivity contribution is -0.135. The topological polar surface area (TPSA) is 38.5 Å². The van der Waals surface area contributed by atoms with E-state index in [0.717, 1.165) is 62.8 Å². The molecule has 0 aliphatic heterocycles. The van der Waals surface area contributed by atoms with Crippen LogP contribution in [-0.4, -0.2) is 25.5 Å². The first-order valence-corrected chi connectivity index (χ1v) is 19.7. The summed E-state index contributed by atoms with van der Waals surface area (Å²) < 4.78 is 43.1. The Bertz CT molecular complexity index is 1300. The summed E-state index contributed by atoms with van der Waals surface area (Å²) in [5.74, 6) is 0.902. The fourth-order valence-corrected chi connectivity index (χ4v) is 6.77. The summed E-state index contributed by atoms with van der Waals surface area (Å²) >= 11 is 6.87. The number of aryl methyl sites for hydroxylation is 1. The van der Waals surface area contributed by atoms with E-state index in [2.05, 4.69) is 73.3 Å². The van der Waals surface area contributed by atoms with Crippen molar-refractivity contribution in [1.29, 1.82) is 0 Å². The number of nitrogens with zero attached hydrogens (tertiary/aromatic N) is 1. The molecule has 2 unspecified atom stereocenters. The third-order valence-corrected chi connectivity index (χ3v) is 10.1. The second kappa shape index (κ2) is 23.7. The highest BCUT2D eigenvalue weighted by Gasteiger charge is 2.26. The summed E-state index contributed by atoms with van der Waals surface area (Å²) in [6.07, 6.45) is 13.1. The molecule has 0 radical (unpaired) electrons. The highest BCUT2D eigenvalue weighted by atomic mass is 35.5. The predicted octanol–water partition coefficient (Wildman–Crippen LogP) is 13.2. The predicted molar refractivity (Wildman–Crippen MR) is 207 cm³/mol. The Hall–Kier alpha value is -2.70. The van der Waals surface area contributed by atoms with E-state index in [1.54, 1.807) is 0 Å². The number of rotatable bonds is 26. The van der Waals surface area contributed by atoms with Gasteiger partial charge in [0.2, 0.25) is 0 Å². The van der Waals surface area contributed by atoms with Crippen molar-refractivity contribution >= 4 is 17.3 Å². The molecule has 3 aromatic rings. The van der Waals surface area contributed by atoms with Gasteiger partial charge in [-0.25, -0.2) is 0 Å². The van der Waals surface area contributed by atoms with Crippen molar-refractivity contribution < 1.29 is 17.9 Å². The summed E-state index contributed by atoms with van der Waals surface area (Å²) in [6, 6.07) is 25.2. The average molecular weight is 715 g/mol. The van der Waals surface area contributed by atoms with Gasteiger partial charge in [0.1, 0.15) is 5.75 Å². The molecule has 0 saturated heterocycles. The van der Waals surface area contributed by atoms with E-state index in [1.807, 2.05) is 18.2 Å². The van der Waals surface area contributed by atoms with E-state index in [4.69, 9.17) is 22.1 Å². The smallest absolute Gasteiger partial charge is 0.389 e. The van der Waals surface area contributed by atoms with Gasteiger partial charge in [-0.3, -0.25) is 0 Å². The zero-order valence-electron chi connectivity index (χ0n) is 30.7. The fraction of sp³-hybridized carbons (Fsp3) is 0.581. The third kappa shape index (κ3) is 16.5. The quantitative estimate of drug-likeness (QED) is 0.0664. The molecule has 3 aromatic carbocycles. The minimum Gasteiger partial charge on any atom is -0.494 e. The van der Waals surface area contributed by atoms with Crippen molar-refractivity contribution in [3.05, 3.63) is 94.5 Å². The number of anilines is 1. The maximum atomic E-state index is 12.3. The van der Waals surface area contributed by atoms with Gasteiger partial charge in [-0.05, 0) is 60.9 Å². The Morgan fingerprint density at radius 3 is 1.88 bits per heavy atom. The zero-order valence-corrected chi connectivity index (χ0v) is 31.4. The van der Waals surface area contributed by atoms with Crippen LogP contribution in [0.3, 0.4) is 0 Å². The lowest BCUT2D eigenvalue weighted by Crippen LogP contribution is -2.47. The molecule has 0 saturated carbocycles. The maximum absolute atomic E-state index is 12.3. The van der Waals surface area contributed by atoms with E-state index in [0.29, 0.717) is 24.6 Å². The number of hydrogen-bond donors (Lipinski definition) is 1. The number of nitrogens with two attached hydrogens (primary N) is 1. The Morgan fingerprint density at radius 2 is 1.26 bits per heavy atom. The van der Waals surface area contributed by atoms with Crippen LogP contribution in [0.15, 0.2) is 72.8 Å². The minimum atomic E-state index is -4.02. The Morgan fingerprint density at radius 1 is 0.700 bits per heavy atom. The highest BCUT2D eigenvalue weighted by Crippen LogP contribution is 2.34. The van der Waals surface area contributed by atoms with Gasteiger partial charge in [-0.2, -0.15) is 13.2 Å². The molecule has 0 fully saturated rings. The number of alkyl halides is 3. The van der Waals surface area contributed by atoms with Crippen LogP contribution in [0.25, 0.3) is 0 Å². The van der Waals surface area contributed by atoms with E-state index in [1.165, 1.54) is 61.6 Å². The second-order valence-electron chi connectivity index (χ2n) is 14.0. The van der Waals surface area contributed by atoms with Crippen molar-refractivity contribution in [3.63, 3.8) is 0 Å². The first-order valence-electron chi connectivity index (χ1n) is 19.3. The Balaban J connectivity index is 1.54. The van der Waals surface area contributed by atoms with Crippen molar-refractivity contribution in [2.75, 3.05) is 18.1 Å². The van der Waals surface area contributed by atoms with E-state index < -0.39 is 12.6 Å². The molecule has 0 aliphatic rings. The normalized spacial score (nSPS) is 12.9. The molecule has 278 valence electrons. The van der Waals surface area contributed by atoms with Crippen LogP contribution >= 0.6 is 11.6 Å². The van der Waals surface area contributed by atoms with Crippen LogP contribution in [-0.2, 0) is 12.8 Å². The SMILES string of the molecule is CCCCCCCCCCOc1ccc(Cl)c(N(CCc2ccc(CCCCCCCCCC(F)(F)F)cc2)C(N)C(C)c2ccccc2)c1. The minimum absolute atomic E-state index is 0.0800. The molecule has 0 spiro atoms. The van der Waals surface area contributed by atoms with Crippen molar-refractivity contribution in [1.82, 2.24) is 0 Å². The van der Waals surface area contributed by atoms with Gasteiger partial charge in [0, 0.05) is 24.9 Å². The van der Waals surface area contributed by atoms with Gasteiger partial charge in [0.25, 0.3) is 0 Å². The van der Waals surface area contributed by atoms with E-state index in [9.17, 15) is 13.2 Å². The molecule has 0 heterocycles. The van der Waals surface area contributed by atoms with Crippen molar-refractivity contribution in [2.45, 2.75) is 148 Å². The van der Waals surface area contributed by atoms with Gasteiger partial charge in [0.15, 0.2) is 0 Å². The standard InChI is InChI=1S/C43H62ClF3N2O/c1-3-4-5-6-7-11-14-20-33-50-39-28-29-40(44)41(34-39)49(42(48)35(2)38-22-17-15-18-23-38)32-30-37-26-24-36(25-27-37)21-16-12-9-8-10-13-19-31-43(45,46)47/h15,17-18,22-29,34-35,42H,3-14,16,19-21,30-33,48H2,1-2H3. The lowest BCUT2D eigenvalue weighted by atomic mass is 9.96. The molecular formula is C43H62ClF3N2O. The van der Waals surface area contributed by atoms with Crippen LogP contribution in [0.2, 0.25) is 5.02 Å². The van der Waals surface area contributed by atoms with Gasteiger partial charge < -0.3 is 15.4 Å². The summed E-state index contributed by atoms with van der Waals surface area (Å²) in [5.41, 5.74) is 11.7. The summed E-state index contributed by atoms with van der Waals surface area (Å²) in [5, 5.41) is 0.664. The first kappa shape index (κ1) is 41.7. The monoisotopic (exact) mass is 714 g/mol. The van der Waals surface area contributed by atoms with Gasteiger partial charge in [0.05, 0.1) is 23.5 Å². The van der Waals surface area contributed by atoms with Crippen LogP contribution in [0.4, 0.5) is 18.9 Å². The van der Waals surface area contributed by atoms with Crippen LogP contribution in [0.1, 0.15) is 139 Å². The molecule has 2 N–H and O–H groups in total. The average Bonchev–Trinajstić information content (AvgIpc) is 3.11. The number of halogens is 4.